The quantitative estimate of drug-likeness (QED) is 0.520. The zero-order valence-electron chi connectivity index (χ0n) is 21.3. The molecule has 5 rings (SSSR count). The van der Waals surface area contributed by atoms with Crippen molar-refractivity contribution in [2.45, 2.75) is 45.5 Å². The van der Waals surface area contributed by atoms with E-state index in [0.717, 1.165) is 11.6 Å². The van der Waals surface area contributed by atoms with E-state index in [4.69, 9.17) is 4.74 Å². The maximum atomic E-state index is 14.1. The lowest BCUT2D eigenvalue weighted by Gasteiger charge is -2.41. The normalized spacial score (nSPS) is 18.5. The van der Waals surface area contributed by atoms with Crippen LogP contribution in [0.25, 0.3) is 0 Å². The summed E-state index contributed by atoms with van der Waals surface area (Å²) in [6.07, 6.45) is 1.40. The van der Waals surface area contributed by atoms with E-state index >= 15 is 0 Å². The van der Waals surface area contributed by atoms with Crippen LogP contribution in [0.1, 0.15) is 52.2 Å². The summed E-state index contributed by atoms with van der Waals surface area (Å²) in [5.74, 6) is -3.44. The minimum absolute atomic E-state index is 0.0304. The van der Waals surface area contributed by atoms with Gasteiger partial charge in [0.05, 0.1) is 12.1 Å². The van der Waals surface area contributed by atoms with E-state index in [1.165, 1.54) is 21.8 Å². The second-order valence-electron chi connectivity index (χ2n) is 9.64. The van der Waals surface area contributed by atoms with Gasteiger partial charge in [-0.1, -0.05) is 36.4 Å². The number of fused-ring (bicyclic) bond motifs is 4. The number of Topliss-reactive ketones (excluding diaryl/α,β-unsaturated/α-hetero) is 1. The third-order valence-electron chi connectivity index (χ3n) is 7.05. The van der Waals surface area contributed by atoms with Crippen LogP contribution in [0.5, 0.6) is 5.75 Å². The average Bonchev–Trinajstić information content (AvgIpc) is 3.01. The molecule has 2 amide bonds. The van der Waals surface area contributed by atoms with E-state index < -0.39 is 34.9 Å². The largest absolute Gasteiger partial charge is 0.482 e. The number of ether oxygens (including phenoxy) is 1. The summed E-state index contributed by atoms with van der Waals surface area (Å²) in [5.41, 5.74) is -0.480. The topological polar surface area (TPSA) is 101 Å². The van der Waals surface area contributed by atoms with E-state index in [-0.39, 0.29) is 60.6 Å². The van der Waals surface area contributed by atoms with Crippen molar-refractivity contribution in [1.82, 2.24) is 14.9 Å². The first kappa shape index (κ1) is 26.1. The molecule has 0 unspecified atom stereocenters. The van der Waals surface area contributed by atoms with Crippen molar-refractivity contribution in [2.75, 3.05) is 11.7 Å². The number of carbonyl (C=O) groups excluding carboxylic acids is 3. The number of aromatic nitrogens is 1. The Kier molecular flexibility index (Phi) is 6.90. The van der Waals surface area contributed by atoms with E-state index in [2.05, 4.69) is 5.32 Å². The lowest BCUT2D eigenvalue weighted by atomic mass is 10.1. The molecule has 1 aromatic heterocycles. The highest BCUT2D eigenvalue weighted by atomic mass is 19.1. The number of amides is 2. The van der Waals surface area contributed by atoms with Gasteiger partial charge < -0.3 is 15.0 Å². The summed E-state index contributed by atoms with van der Waals surface area (Å²) in [6, 6.07) is 10.9. The van der Waals surface area contributed by atoms with Crippen LogP contribution in [0.3, 0.4) is 0 Å². The van der Waals surface area contributed by atoms with Gasteiger partial charge in [0.2, 0.25) is 5.43 Å². The predicted octanol–water partition coefficient (Wildman–Crippen LogP) is 2.74. The van der Waals surface area contributed by atoms with E-state index in [1.807, 2.05) is 13.0 Å². The molecule has 1 N–H and O–H groups in total. The number of nitrogens with one attached hydrogen (secondary N) is 1. The second-order valence-corrected chi connectivity index (χ2v) is 9.64. The predicted molar refractivity (Wildman–Crippen MR) is 137 cm³/mol. The molecule has 1 fully saturated rings. The summed E-state index contributed by atoms with van der Waals surface area (Å²) in [6.45, 7) is 3.18. The lowest BCUT2D eigenvalue weighted by Crippen LogP contribution is -2.57. The van der Waals surface area contributed by atoms with Crippen molar-refractivity contribution >= 4 is 17.6 Å². The Balaban J connectivity index is 1.57. The molecule has 1 saturated heterocycles. The monoisotopic (exact) mass is 536 g/mol. The van der Waals surface area contributed by atoms with Gasteiger partial charge >= 0.3 is 0 Å². The molecule has 0 aliphatic carbocycles. The Bertz CT molecular complexity index is 1520. The number of ketones is 1. The van der Waals surface area contributed by atoms with Gasteiger partial charge in [0.1, 0.15) is 30.5 Å². The SMILES string of the molecule is C[C@H]1C(=O)C[C@H](C)N2CN1C(=O)c1c(OCc3ccccc3)c(=O)c(C(=O)NCc3ccc(F)cc3F)cn12. The summed E-state index contributed by atoms with van der Waals surface area (Å²) >= 11 is 0. The Hall–Kier alpha value is -4.54. The Labute approximate surface area is 222 Å². The number of rotatable bonds is 6. The maximum absolute atomic E-state index is 14.1. The third kappa shape index (κ3) is 4.87. The van der Waals surface area contributed by atoms with Crippen molar-refractivity contribution in [3.63, 3.8) is 0 Å². The zero-order chi connectivity index (χ0) is 27.8. The van der Waals surface area contributed by atoms with Gasteiger partial charge in [0.25, 0.3) is 11.8 Å². The smallest absolute Gasteiger partial charge is 0.278 e. The molecule has 3 aromatic rings. The first-order chi connectivity index (χ1) is 18.7. The van der Waals surface area contributed by atoms with Crippen LogP contribution < -0.4 is 20.5 Å². The van der Waals surface area contributed by atoms with Gasteiger partial charge in [0, 0.05) is 30.8 Å². The Morgan fingerprint density at radius 1 is 1.08 bits per heavy atom. The molecule has 3 heterocycles. The van der Waals surface area contributed by atoms with Gasteiger partial charge in [-0.2, -0.15) is 0 Å². The minimum atomic E-state index is -0.841. The van der Waals surface area contributed by atoms with Crippen LogP contribution in [0.15, 0.2) is 59.5 Å². The fraction of sp³-hybridized carbons (Fsp3) is 0.286. The van der Waals surface area contributed by atoms with E-state index in [1.54, 1.807) is 36.2 Å². The molecule has 2 aliphatic heterocycles. The Morgan fingerprint density at radius 2 is 1.82 bits per heavy atom. The van der Waals surface area contributed by atoms with E-state index in [9.17, 15) is 28.0 Å². The first-order valence-electron chi connectivity index (χ1n) is 12.4. The molecule has 2 aliphatic rings. The standard InChI is InChI=1S/C28H26F2N4O5/c1-16-10-23(35)17(2)32-15-34(16)33-13-21(27(37)31-12-19-8-9-20(29)11-22(19)30)25(36)26(24(33)28(32)38)39-14-18-6-4-3-5-7-18/h3-9,11,13,16-17H,10,12,14-15H2,1-2H3,(H,31,37)/t16-,17-/m0/s1. The zero-order valence-corrected chi connectivity index (χ0v) is 21.3. The van der Waals surface area contributed by atoms with Crippen molar-refractivity contribution in [3.05, 3.63) is 99.0 Å². The fourth-order valence-electron chi connectivity index (χ4n) is 4.75. The number of pyridine rings is 1. The van der Waals surface area contributed by atoms with Crippen molar-refractivity contribution in [1.29, 1.82) is 0 Å². The highest BCUT2D eigenvalue weighted by molar-refractivity contribution is 6.02. The van der Waals surface area contributed by atoms with Crippen LogP contribution in [0, 0.1) is 11.6 Å². The summed E-state index contributed by atoms with van der Waals surface area (Å²) < 4.78 is 34.7. The van der Waals surface area contributed by atoms with Crippen LogP contribution >= 0.6 is 0 Å². The molecule has 11 heteroatoms. The number of carbonyl (C=O) groups is 3. The fourth-order valence-corrected chi connectivity index (χ4v) is 4.75. The molecule has 0 saturated carbocycles. The van der Waals surface area contributed by atoms with Gasteiger partial charge in [-0.25, -0.2) is 8.78 Å². The maximum Gasteiger partial charge on any atom is 0.278 e. The van der Waals surface area contributed by atoms with Crippen LogP contribution in [0.2, 0.25) is 0 Å². The van der Waals surface area contributed by atoms with Crippen molar-refractivity contribution < 1.29 is 27.9 Å². The molecule has 39 heavy (non-hydrogen) atoms. The van der Waals surface area contributed by atoms with Gasteiger partial charge in [-0.15, -0.1) is 0 Å². The lowest BCUT2D eigenvalue weighted by molar-refractivity contribution is -0.122. The van der Waals surface area contributed by atoms with Crippen molar-refractivity contribution in [3.8, 4) is 5.75 Å². The van der Waals surface area contributed by atoms with Crippen LogP contribution in [-0.4, -0.2) is 45.9 Å². The van der Waals surface area contributed by atoms with Crippen LogP contribution in [0.4, 0.5) is 8.78 Å². The molecule has 0 spiro atoms. The number of hydrogen-bond donors (Lipinski definition) is 1. The highest BCUT2D eigenvalue weighted by Gasteiger charge is 2.43. The number of nitrogens with zero attached hydrogens (tertiary/aromatic N) is 3. The van der Waals surface area contributed by atoms with Gasteiger partial charge in [-0.3, -0.25) is 28.9 Å². The molecular formula is C28H26F2N4O5. The molecule has 0 radical (unpaired) electrons. The number of halogens is 2. The summed E-state index contributed by atoms with van der Waals surface area (Å²) in [4.78, 5) is 54.5. The third-order valence-corrected chi connectivity index (χ3v) is 7.05. The average molecular weight is 537 g/mol. The molecule has 2 bridgehead atoms. The molecule has 202 valence electrons. The number of hydrogen-bond acceptors (Lipinski definition) is 6. The van der Waals surface area contributed by atoms with Crippen molar-refractivity contribution in [2.24, 2.45) is 0 Å². The molecular weight excluding hydrogens is 510 g/mol. The second kappa shape index (κ2) is 10.3. The first-order valence-corrected chi connectivity index (χ1v) is 12.4. The number of benzene rings is 2. The van der Waals surface area contributed by atoms with Gasteiger partial charge in [0.15, 0.2) is 17.2 Å². The molecule has 2 atom stereocenters. The van der Waals surface area contributed by atoms with Gasteiger partial charge in [-0.05, 0) is 25.5 Å². The Morgan fingerprint density at radius 3 is 2.54 bits per heavy atom. The van der Waals surface area contributed by atoms with E-state index in [0.29, 0.717) is 6.07 Å². The molecule has 9 nitrogen and oxygen atoms in total. The summed E-state index contributed by atoms with van der Waals surface area (Å²) in [5, 5.41) is 4.22. The summed E-state index contributed by atoms with van der Waals surface area (Å²) in [7, 11) is 0. The molecule has 2 aromatic carbocycles. The highest BCUT2D eigenvalue weighted by Crippen LogP contribution is 2.29. The minimum Gasteiger partial charge on any atom is -0.482 e. The van der Waals surface area contributed by atoms with Crippen LogP contribution in [-0.2, 0) is 17.9 Å².